The minimum atomic E-state index is -0.977. The second-order valence-corrected chi connectivity index (χ2v) is 15.5. The fourth-order valence-electron chi connectivity index (χ4n) is 11.5. The molecule has 0 heterocycles. The number of rotatable bonds is 6. The molecule has 0 saturated heterocycles. The van der Waals surface area contributed by atoms with Crippen LogP contribution in [0.25, 0.3) is 0 Å². The first kappa shape index (κ1) is 30.3. The third-order valence-electron chi connectivity index (χ3n) is 13.6. The molecule has 0 aromatic rings. The van der Waals surface area contributed by atoms with Crippen LogP contribution < -0.4 is 10.6 Å². The molecule has 5 rings (SSSR count). The summed E-state index contributed by atoms with van der Waals surface area (Å²) in [6.45, 7) is 15.9. The predicted molar refractivity (Wildman–Crippen MR) is 157 cm³/mol. The minimum absolute atomic E-state index is 0.0543. The standard InChI is InChI=1S/C34H52N2O5/c1-21-9-8-12-30(3)15-16-32(5)23(27(21)30)19-24(39)28-31(4)13-11-26(41-22(2)38)34(7,25(31)10-14-33(28,32)6)29(40)36-18-17-35-20-37/h19-21,25-28H,8-18H2,1-7H3,(H,35,37)(H,36,40)/t21-,25?,26+,27?,28?,30+,31-,32+,33+,34+/m0/s1. The van der Waals surface area contributed by atoms with Gasteiger partial charge >= 0.3 is 5.97 Å². The Morgan fingerprint density at radius 2 is 1.73 bits per heavy atom. The van der Waals surface area contributed by atoms with Crippen LogP contribution >= 0.6 is 0 Å². The van der Waals surface area contributed by atoms with Crippen molar-refractivity contribution in [1.29, 1.82) is 0 Å². The van der Waals surface area contributed by atoms with Crippen LogP contribution in [0, 0.1) is 50.7 Å². The lowest BCUT2D eigenvalue weighted by atomic mass is 9.33. The zero-order chi connectivity index (χ0) is 30.0. The van der Waals surface area contributed by atoms with Gasteiger partial charge in [0.2, 0.25) is 12.3 Å². The van der Waals surface area contributed by atoms with Gasteiger partial charge in [0, 0.05) is 25.9 Å². The molecule has 10 atom stereocenters. The highest BCUT2D eigenvalue weighted by Crippen LogP contribution is 2.75. The lowest BCUT2D eigenvalue weighted by molar-refractivity contribution is -0.214. The number of ether oxygens (including phenoxy) is 1. The van der Waals surface area contributed by atoms with Gasteiger partial charge in [-0.3, -0.25) is 19.2 Å². The second-order valence-electron chi connectivity index (χ2n) is 15.5. The van der Waals surface area contributed by atoms with Crippen LogP contribution in [0.1, 0.15) is 106 Å². The van der Waals surface area contributed by atoms with Gasteiger partial charge in [0.1, 0.15) is 6.10 Å². The molecule has 41 heavy (non-hydrogen) atoms. The highest BCUT2D eigenvalue weighted by molar-refractivity contribution is 5.96. The van der Waals surface area contributed by atoms with Crippen LogP contribution in [0.3, 0.4) is 0 Å². The van der Waals surface area contributed by atoms with Gasteiger partial charge in [-0.25, -0.2) is 0 Å². The number of nitrogens with one attached hydrogen (secondary N) is 2. The summed E-state index contributed by atoms with van der Waals surface area (Å²) >= 11 is 0. The van der Waals surface area contributed by atoms with E-state index in [9.17, 15) is 19.2 Å². The lowest BCUT2D eigenvalue weighted by Gasteiger charge is -2.70. The van der Waals surface area contributed by atoms with E-state index in [1.165, 1.54) is 38.2 Å². The van der Waals surface area contributed by atoms with E-state index in [0.29, 0.717) is 37.8 Å². The number of fused-ring (bicyclic) bond motifs is 7. The van der Waals surface area contributed by atoms with Crippen LogP contribution in [-0.2, 0) is 23.9 Å². The normalized spacial score (nSPS) is 47.0. The van der Waals surface area contributed by atoms with Crippen LogP contribution in [0.5, 0.6) is 0 Å². The molecular weight excluding hydrogens is 516 g/mol. The average Bonchev–Trinajstić information content (AvgIpc) is 2.89. The third kappa shape index (κ3) is 4.25. The Morgan fingerprint density at radius 1 is 1.00 bits per heavy atom. The SMILES string of the molecule is CC(=O)O[C@@H]1CC[C@@]2(C)C(CC[C@]3(C)C2C(=O)C=C2C4[C@@H](C)CCC[C@]4(C)CC[C@]23C)[C@@]1(C)C(=O)NCCNC=O. The summed E-state index contributed by atoms with van der Waals surface area (Å²) in [5.74, 6) is 0.436. The Balaban J connectivity index is 1.56. The number of amides is 2. The predicted octanol–water partition coefficient (Wildman–Crippen LogP) is 5.37. The fraction of sp³-hybridized carbons (Fsp3) is 0.824. The van der Waals surface area contributed by atoms with E-state index < -0.39 is 16.9 Å². The Hall–Kier alpha value is -2.18. The van der Waals surface area contributed by atoms with Crippen molar-refractivity contribution in [2.75, 3.05) is 13.1 Å². The maximum absolute atomic E-state index is 14.6. The van der Waals surface area contributed by atoms with Crippen molar-refractivity contribution in [2.24, 2.45) is 50.7 Å². The van der Waals surface area contributed by atoms with Crippen molar-refractivity contribution in [3.05, 3.63) is 11.6 Å². The maximum atomic E-state index is 14.6. The number of carbonyl (C=O) groups excluding carboxylic acids is 4. The first-order valence-electron chi connectivity index (χ1n) is 16.1. The number of hydrogen-bond acceptors (Lipinski definition) is 5. The Bertz CT molecular complexity index is 1150. The molecule has 5 aliphatic rings. The number of esters is 1. The average molecular weight is 569 g/mol. The fourth-order valence-corrected chi connectivity index (χ4v) is 11.5. The molecule has 0 spiro atoms. The van der Waals surface area contributed by atoms with Crippen LogP contribution in [0.4, 0.5) is 0 Å². The molecule has 0 aromatic carbocycles. The number of ketones is 1. The molecule has 2 amide bonds. The zero-order valence-electron chi connectivity index (χ0n) is 26.4. The third-order valence-corrected chi connectivity index (χ3v) is 13.6. The smallest absolute Gasteiger partial charge is 0.302 e. The van der Waals surface area contributed by atoms with Crippen LogP contribution in [0.2, 0.25) is 0 Å². The van der Waals surface area contributed by atoms with E-state index in [1.807, 2.05) is 6.92 Å². The van der Waals surface area contributed by atoms with Gasteiger partial charge in [-0.2, -0.15) is 0 Å². The molecule has 0 radical (unpaired) electrons. The first-order chi connectivity index (χ1) is 19.2. The highest BCUT2D eigenvalue weighted by atomic mass is 16.5. The summed E-state index contributed by atoms with van der Waals surface area (Å²) in [6.07, 6.45) is 11.2. The van der Waals surface area contributed by atoms with Crippen molar-refractivity contribution >= 4 is 24.1 Å². The van der Waals surface area contributed by atoms with E-state index >= 15 is 0 Å². The van der Waals surface area contributed by atoms with E-state index in [4.69, 9.17) is 4.74 Å². The van der Waals surface area contributed by atoms with E-state index in [1.54, 1.807) is 0 Å². The van der Waals surface area contributed by atoms with Gasteiger partial charge in [-0.05, 0) is 97.4 Å². The lowest BCUT2D eigenvalue weighted by Crippen LogP contribution is -2.69. The number of allylic oxidation sites excluding steroid dienone is 2. The largest absolute Gasteiger partial charge is 0.461 e. The van der Waals surface area contributed by atoms with Crippen LogP contribution in [0.15, 0.2) is 11.6 Å². The molecule has 7 nitrogen and oxygen atoms in total. The van der Waals surface area contributed by atoms with Crippen molar-refractivity contribution in [3.63, 3.8) is 0 Å². The summed E-state index contributed by atoms with van der Waals surface area (Å²) in [4.78, 5) is 51.5. The van der Waals surface area contributed by atoms with Crippen molar-refractivity contribution in [1.82, 2.24) is 10.6 Å². The van der Waals surface area contributed by atoms with Gasteiger partial charge in [0.05, 0.1) is 5.41 Å². The first-order valence-corrected chi connectivity index (χ1v) is 16.1. The van der Waals surface area contributed by atoms with Crippen LogP contribution in [-0.4, -0.2) is 43.3 Å². The molecule has 2 N–H and O–H groups in total. The van der Waals surface area contributed by atoms with Gasteiger partial charge in [-0.1, -0.05) is 53.0 Å². The van der Waals surface area contributed by atoms with Gasteiger partial charge in [-0.15, -0.1) is 0 Å². The summed E-state index contributed by atoms with van der Waals surface area (Å²) in [5, 5.41) is 5.62. The summed E-state index contributed by atoms with van der Waals surface area (Å²) in [7, 11) is 0. The monoisotopic (exact) mass is 568 g/mol. The molecule has 0 aliphatic heterocycles. The summed E-state index contributed by atoms with van der Waals surface area (Å²) < 4.78 is 5.86. The Kier molecular flexibility index (Phi) is 7.55. The van der Waals surface area contributed by atoms with E-state index in [-0.39, 0.29) is 45.7 Å². The maximum Gasteiger partial charge on any atom is 0.302 e. The molecule has 0 aromatic heterocycles. The Labute approximate surface area is 246 Å². The van der Waals surface area contributed by atoms with Crippen molar-refractivity contribution in [3.8, 4) is 0 Å². The minimum Gasteiger partial charge on any atom is -0.461 e. The summed E-state index contributed by atoms with van der Waals surface area (Å²) in [6, 6.07) is 0. The zero-order valence-corrected chi connectivity index (χ0v) is 26.4. The van der Waals surface area contributed by atoms with Crippen molar-refractivity contribution in [2.45, 2.75) is 112 Å². The van der Waals surface area contributed by atoms with E-state index in [2.05, 4.69) is 51.3 Å². The molecule has 5 aliphatic carbocycles. The quantitative estimate of drug-likeness (QED) is 0.255. The van der Waals surface area contributed by atoms with Gasteiger partial charge in [0.25, 0.3) is 0 Å². The van der Waals surface area contributed by atoms with Gasteiger partial charge < -0.3 is 15.4 Å². The molecule has 7 heteroatoms. The summed E-state index contributed by atoms with van der Waals surface area (Å²) in [5.41, 5.74) is 0.0535. The number of hydrogen-bond donors (Lipinski definition) is 2. The molecule has 3 unspecified atom stereocenters. The molecular formula is C34H52N2O5. The molecule has 4 saturated carbocycles. The number of carbonyl (C=O) groups is 4. The second kappa shape index (κ2) is 10.2. The van der Waals surface area contributed by atoms with E-state index in [0.717, 1.165) is 25.7 Å². The molecule has 228 valence electrons. The molecule has 4 fully saturated rings. The Morgan fingerprint density at radius 3 is 2.41 bits per heavy atom. The molecule has 0 bridgehead atoms. The van der Waals surface area contributed by atoms with Crippen molar-refractivity contribution < 1.29 is 23.9 Å². The topological polar surface area (TPSA) is 102 Å². The highest BCUT2D eigenvalue weighted by Gasteiger charge is 2.72. The van der Waals surface area contributed by atoms with Gasteiger partial charge in [0.15, 0.2) is 5.78 Å².